The number of hydrogen-bond donors (Lipinski definition) is 1. The number of rotatable bonds is 3. The molecular formula is C15H13F4N. The second-order valence-electron chi connectivity index (χ2n) is 4.58. The summed E-state index contributed by atoms with van der Waals surface area (Å²) in [5.74, 6) is -4.50. The lowest BCUT2D eigenvalue weighted by molar-refractivity contribution is 0.443. The third-order valence-corrected chi connectivity index (χ3v) is 3.03. The van der Waals surface area contributed by atoms with Gasteiger partial charge in [-0.25, -0.2) is 17.6 Å². The van der Waals surface area contributed by atoms with Gasteiger partial charge in [0.15, 0.2) is 17.5 Å². The summed E-state index contributed by atoms with van der Waals surface area (Å²) in [5, 5.41) is 2.84. The molecule has 0 aromatic heterocycles. The summed E-state index contributed by atoms with van der Waals surface area (Å²) >= 11 is 0. The first kappa shape index (κ1) is 14.5. The normalized spacial score (nSPS) is 12.5. The van der Waals surface area contributed by atoms with Crippen molar-refractivity contribution in [2.45, 2.75) is 13.0 Å². The second-order valence-corrected chi connectivity index (χ2v) is 4.58. The first-order valence-electron chi connectivity index (χ1n) is 6.01. The minimum atomic E-state index is -1.51. The largest absolute Gasteiger partial charge is 0.309 e. The summed E-state index contributed by atoms with van der Waals surface area (Å²) in [7, 11) is 1.57. The van der Waals surface area contributed by atoms with E-state index in [1.54, 1.807) is 20.0 Å². The van der Waals surface area contributed by atoms with E-state index in [9.17, 15) is 17.6 Å². The topological polar surface area (TPSA) is 12.0 Å². The molecule has 1 unspecified atom stereocenters. The summed E-state index contributed by atoms with van der Waals surface area (Å²) in [5.41, 5.74) is 1.38. The molecule has 0 aliphatic rings. The Morgan fingerprint density at radius 1 is 0.850 bits per heavy atom. The van der Waals surface area contributed by atoms with Crippen LogP contribution in [0.2, 0.25) is 0 Å². The van der Waals surface area contributed by atoms with Crippen molar-refractivity contribution in [1.82, 2.24) is 5.32 Å². The highest BCUT2D eigenvalue weighted by Gasteiger charge is 2.18. The molecule has 0 aliphatic carbocycles. The molecule has 0 aliphatic heterocycles. The minimum Gasteiger partial charge on any atom is -0.309 e. The molecule has 0 radical (unpaired) electrons. The van der Waals surface area contributed by atoms with E-state index < -0.39 is 29.3 Å². The molecule has 0 amide bonds. The lowest BCUT2D eigenvalue weighted by atomic mass is 9.97. The lowest BCUT2D eigenvalue weighted by Gasteiger charge is -2.18. The minimum absolute atomic E-state index is 0.189. The standard InChI is InChI=1S/C15H13F4N/c1-8-3-9(5-11(16)4-8)15(20-2)10-6-12(17)14(19)13(18)7-10/h3-7,15,20H,1-2H3. The Bertz CT molecular complexity index is 597. The molecule has 1 atom stereocenters. The average Bonchev–Trinajstić information content (AvgIpc) is 2.35. The van der Waals surface area contributed by atoms with Crippen molar-refractivity contribution in [3.63, 3.8) is 0 Å². The molecule has 106 valence electrons. The first-order chi connectivity index (χ1) is 9.42. The van der Waals surface area contributed by atoms with E-state index in [4.69, 9.17) is 0 Å². The van der Waals surface area contributed by atoms with Gasteiger partial charge in [0.2, 0.25) is 0 Å². The van der Waals surface area contributed by atoms with E-state index in [1.165, 1.54) is 12.1 Å². The number of aryl methyl sites for hydroxylation is 1. The van der Waals surface area contributed by atoms with E-state index in [0.717, 1.165) is 12.1 Å². The zero-order valence-corrected chi connectivity index (χ0v) is 11.0. The molecule has 5 heteroatoms. The maximum atomic E-state index is 13.4. The van der Waals surface area contributed by atoms with Crippen molar-refractivity contribution in [1.29, 1.82) is 0 Å². The van der Waals surface area contributed by atoms with Crippen molar-refractivity contribution in [3.8, 4) is 0 Å². The first-order valence-corrected chi connectivity index (χ1v) is 6.01. The highest BCUT2D eigenvalue weighted by Crippen LogP contribution is 2.26. The van der Waals surface area contributed by atoms with Crippen LogP contribution in [0.3, 0.4) is 0 Å². The highest BCUT2D eigenvalue weighted by molar-refractivity contribution is 5.35. The van der Waals surface area contributed by atoms with Gasteiger partial charge in [0.1, 0.15) is 5.82 Å². The number of benzene rings is 2. The molecule has 0 bridgehead atoms. The van der Waals surface area contributed by atoms with Crippen LogP contribution >= 0.6 is 0 Å². The van der Waals surface area contributed by atoms with E-state index in [2.05, 4.69) is 5.32 Å². The van der Waals surface area contributed by atoms with E-state index in [0.29, 0.717) is 11.1 Å². The monoisotopic (exact) mass is 283 g/mol. The summed E-state index contributed by atoms with van der Waals surface area (Å²) in [6.45, 7) is 1.71. The van der Waals surface area contributed by atoms with Crippen LogP contribution in [-0.2, 0) is 0 Å². The van der Waals surface area contributed by atoms with Crippen LogP contribution in [0.25, 0.3) is 0 Å². The summed E-state index contributed by atoms with van der Waals surface area (Å²) < 4.78 is 53.0. The molecule has 1 N–H and O–H groups in total. The summed E-state index contributed by atoms with van der Waals surface area (Å²) in [4.78, 5) is 0. The van der Waals surface area contributed by atoms with E-state index in [-0.39, 0.29) is 5.56 Å². The van der Waals surface area contributed by atoms with Crippen molar-refractivity contribution in [2.75, 3.05) is 7.05 Å². The van der Waals surface area contributed by atoms with Crippen LogP contribution in [0, 0.1) is 30.2 Å². The van der Waals surface area contributed by atoms with Crippen LogP contribution in [0.15, 0.2) is 30.3 Å². The molecule has 2 aromatic rings. The summed E-state index contributed by atoms with van der Waals surface area (Å²) in [6, 6.07) is 5.49. The number of halogens is 4. The van der Waals surface area contributed by atoms with Gasteiger partial charge in [-0.2, -0.15) is 0 Å². The molecule has 20 heavy (non-hydrogen) atoms. The maximum Gasteiger partial charge on any atom is 0.194 e. The van der Waals surface area contributed by atoms with Gasteiger partial charge in [-0.1, -0.05) is 6.07 Å². The van der Waals surface area contributed by atoms with E-state index in [1.807, 2.05) is 0 Å². The Labute approximate surface area is 114 Å². The van der Waals surface area contributed by atoms with Gasteiger partial charge in [0.25, 0.3) is 0 Å². The molecular weight excluding hydrogens is 270 g/mol. The zero-order chi connectivity index (χ0) is 14.9. The van der Waals surface area contributed by atoms with Gasteiger partial charge >= 0.3 is 0 Å². The Hall–Kier alpha value is -1.88. The zero-order valence-electron chi connectivity index (χ0n) is 11.0. The van der Waals surface area contributed by atoms with Gasteiger partial charge in [0, 0.05) is 0 Å². The molecule has 0 saturated carbocycles. The number of hydrogen-bond acceptors (Lipinski definition) is 1. The van der Waals surface area contributed by atoms with Gasteiger partial charge in [-0.05, 0) is 54.9 Å². The van der Waals surface area contributed by atoms with Crippen LogP contribution in [-0.4, -0.2) is 7.05 Å². The van der Waals surface area contributed by atoms with Crippen LogP contribution in [0.4, 0.5) is 17.6 Å². The molecule has 0 fully saturated rings. The van der Waals surface area contributed by atoms with E-state index >= 15 is 0 Å². The van der Waals surface area contributed by atoms with Crippen molar-refractivity contribution in [2.24, 2.45) is 0 Å². The van der Waals surface area contributed by atoms with Crippen LogP contribution < -0.4 is 5.32 Å². The smallest absolute Gasteiger partial charge is 0.194 e. The third-order valence-electron chi connectivity index (χ3n) is 3.03. The van der Waals surface area contributed by atoms with Crippen molar-refractivity contribution in [3.05, 3.63) is 70.3 Å². The van der Waals surface area contributed by atoms with Gasteiger partial charge in [-0.3, -0.25) is 0 Å². The molecule has 2 aromatic carbocycles. The average molecular weight is 283 g/mol. The Kier molecular flexibility index (Phi) is 4.09. The molecule has 0 saturated heterocycles. The molecule has 0 spiro atoms. The number of nitrogens with one attached hydrogen (secondary N) is 1. The fraction of sp³-hybridized carbons (Fsp3) is 0.200. The van der Waals surface area contributed by atoms with Crippen molar-refractivity contribution < 1.29 is 17.6 Å². The van der Waals surface area contributed by atoms with Gasteiger partial charge < -0.3 is 5.32 Å². The fourth-order valence-corrected chi connectivity index (χ4v) is 2.20. The highest BCUT2D eigenvalue weighted by atomic mass is 19.2. The van der Waals surface area contributed by atoms with Gasteiger partial charge in [0.05, 0.1) is 6.04 Å². The Balaban J connectivity index is 2.52. The van der Waals surface area contributed by atoms with Crippen molar-refractivity contribution >= 4 is 0 Å². The molecule has 0 heterocycles. The third kappa shape index (κ3) is 2.82. The van der Waals surface area contributed by atoms with Gasteiger partial charge in [-0.15, -0.1) is 0 Å². The second kappa shape index (κ2) is 5.63. The Morgan fingerprint density at radius 2 is 1.40 bits per heavy atom. The quantitative estimate of drug-likeness (QED) is 0.666. The SMILES string of the molecule is CNC(c1cc(C)cc(F)c1)c1cc(F)c(F)c(F)c1. The molecule has 1 nitrogen and oxygen atoms in total. The lowest BCUT2D eigenvalue weighted by Crippen LogP contribution is -2.18. The predicted molar refractivity (Wildman–Crippen MR) is 68.4 cm³/mol. The van der Waals surface area contributed by atoms with Crippen LogP contribution in [0.5, 0.6) is 0 Å². The Morgan fingerprint density at radius 3 is 1.90 bits per heavy atom. The predicted octanol–water partition coefficient (Wildman–Crippen LogP) is 3.86. The van der Waals surface area contributed by atoms with Crippen LogP contribution in [0.1, 0.15) is 22.7 Å². The molecule has 2 rings (SSSR count). The fourth-order valence-electron chi connectivity index (χ4n) is 2.20. The summed E-state index contributed by atoms with van der Waals surface area (Å²) in [6.07, 6.45) is 0. The maximum absolute atomic E-state index is 13.4.